The van der Waals surface area contributed by atoms with Crippen molar-refractivity contribution < 1.29 is 18.3 Å². The monoisotopic (exact) mass is 347 g/mol. The molecule has 0 radical (unpaired) electrons. The van der Waals surface area contributed by atoms with E-state index in [4.69, 9.17) is 4.74 Å². The Kier molecular flexibility index (Phi) is 2.90. The van der Waals surface area contributed by atoms with Gasteiger partial charge in [0.1, 0.15) is 12.4 Å². The Hall–Kier alpha value is -2.05. The Morgan fingerprint density at radius 3 is 2.92 bits per heavy atom. The molecule has 4 bridgehead atoms. The van der Waals surface area contributed by atoms with E-state index in [-0.39, 0.29) is 18.4 Å². The molecule has 6 rings (SSSR count). The number of alkyl halides is 2. The van der Waals surface area contributed by atoms with Crippen LogP contribution in [0.5, 0.6) is 0 Å². The number of esters is 1. The van der Waals surface area contributed by atoms with Crippen molar-refractivity contribution in [3.05, 3.63) is 23.7 Å². The summed E-state index contributed by atoms with van der Waals surface area (Å²) >= 11 is 0. The first-order valence-corrected chi connectivity index (χ1v) is 8.87. The SMILES string of the molecule is CCc1nc2nccc(C(=O)OCC34C5CCC(CC53)C4(F)F)c2[nH]1. The number of fused-ring (bicyclic) bond motifs is 2. The highest BCUT2D eigenvalue weighted by Gasteiger charge is 2.85. The molecular formula is C18H19F2N3O2. The molecule has 5 nitrogen and oxygen atoms in total. The molecule has 2 heterocycles. The second-order valence-corrected chi connectivity index (χ2v) is 7.56. The number of aromatic nitrogens is 3. The molecule has 4 aliphatic rings. The zero-order chi connectivity index (χ0) is 17.4. The van der Waals surface area contributed by atoms with Crippen molar-refractivity contribution in [2.24, 2.45) is 23.2 Å². The van der Waals surface area contributed by atoms with Crippen LogP contribution in [0.1, 0.15) is 42.4 Å². The molecule has 2 aromatic rings. The minimum atomic E-state index is -2.71. The Labute approximate surface area is 143 Å². The molecular weight excluding hydrogens is 328 g/mol. The van der Waals surface area contributed by atoms with Gasteiger partial charge in [0.15, 0.2) is 5.65 Å². The van der Waals surface area contributed by atoms with Crippen molar-refractivity contribution in [1.82, 2.24) is 15.0 Å². The normalized spacial score (nSPS) is 34.3. The van der Waals surface area contributed by atoms with E-state index in [0.29, 0.717) is 36.0 Å². The van der Waals surface area contributed by atoms with Gasteiger partial charge in [-0.25, -0.2) is 23.5 Å². The van der Waals surface area contributed by atoms with Crippen LogP contribution in [0, 0.1) is 23.2 Å². The van der Waals surface area contributed by atoms with Gasteiger partial charge in [0.05, 0.1) is 16.5 Å². The third-order valence-corrected chi connectivity index (χ3v) is 6.64. The summed E-state index contributed by atoms with van der Waals surface area (Å²) in [4.78, 5) is 24.0. The second-order valence-electron chi connectivity index (χ2n) is 7.56. The van der Waals surface area contributed by atoms with E-state index in [1.54, 1.807) is 6.07 Å². The molecule has 25 heavy (non-hydrogen) atoms. The number of H-pyrrole nitrogens is 1. The number of carbonyl (C=O) groups is 1. The van der Waals surface area contributed by atoms with Crippen LogP contribution in [-0.2, 0) is 11.2 Å². The number of carbonyl (C=O) groups excluding carboxylic acids is 1. The number of aromatic amines is 1. The lowest BCUT2D eigenvalue weighted by Crippen LogP contribution is -2.42. The number of nitrogens with zero attached hydrogens (tertiary/aromatic N) is 2. The fourth-order valence-corrected chi connectivity index (χ4v) is 5.32. The summed E-state index contributed by atoms with van der Waals surface area (Å²) in [5.41, 5.74) is 0.144. The van der Waals surface area contributed by atoms with E-state index in [1.807, 2.05) is 6.92 Å². The third kappa shape index (κ3) is 1.79. The summed E-state index contributed by atoms with van der Waals surface area (Å²) in [5.74, 6) is -3.08. The fraction of sp³-hybridized carbons (Fsp3) is 0.611. The van der Waals surface area contributed by atoms with Crippen molar-refractivity contribution in [1.29, 1.82) is 0 Å². The van der Waals surface area contributed by atoms with Crippen molar-refractivity contribution in [3.8, 4) is 0 Å². The van der Waals surface area contributed by atoms with Crippen LogP contribution < -0.4 is 0 Å². The number of ether oxygens (including phenoxy) is 1. The number of rotatable bonds is 4. The largest absolute Gasteiger partial charge is 0.461 e. The quantitative estimate of drug-likeness (QED) is 0.861. The van der Waals surface area contributed by atoms with Crippen LogP contribution >= 0.6 is 0 Å². The molecule has 0 aliphatic heterocycles. The van der Waals surface area contributed by atoms with Crippen LogP contribution in [0.2, 0.25) is 0 Å². The third-order valence-electron chi connectivity index (χ3n) is 6.64. The lowest BCUT2D eigenvalue weighted by atomic mass is 9.78. The number of aryl methyl sites for hydroxylation is 1. The van der Waals surface area contributed by atoms with E-state index in [1.165, 1.54) is 6.20 Å². The first-order chi connectivity index (χ1) is 12.0. The van der Waals surface area contributed by atoms with Gasteiger partial charge in [-0.3, -0.25) is 0 Å². The highest BCUT2D eigenvalue weighted by molar-refractivity contribution is 6.00. The summed E-state index contributed by atoms with van der Waals surface area (Å²) in [5, 5.41) is 0. The molecule has 2 aromatic heterocycles. The van der Waals surface area contributed by atoms with Gasteiger partial charge in [0.25, 0.3) is 5.92 Å². The number of hydrogen-bond acceptors (Lipinski definition) is 4. The minimum absolute atomic E-state index is 0.0107. The highest BCUT2D eigenvalue weighted by atomic mass is 19.3. The minimum Gasteiger partial charge on any atom is -0.461 e. The predicted molar refractivity (Wildman–Crippen MR) is 85.3 cm³/mol. The fourth-order valence-electron chi connectivity index (χ4n) is 5.32. The van der Waals surface area contributed by atoms with Crippen LogP contribution in [0.15, 0.2) is 12.3 Å². The van der Waals surface area contributed by atoms with E-state index in [9.17, 15) is 13.6 Å². The van der Waals surface area contributed by atoms with E-state index in [2.05, 4.69) is 15.0 Å². The van der Waals surface area contributed by atoms with Crippen LogP contribution in [-0.4, -0.2) is 33.5 Å². The van der Waals surface area contributed by atoms with Crippen molar-refractivity contribution >= 4 is 17.1 Å². The average molecular weight is 347 g/mol. The summed E-state index contributed by atoms with van der Waals surface area (Å²) in [6.45, 7) is 1.75. The molecule has 132 valence electrons. The van der Waals surface area contributed by atoms with Gasteiger partial charge in [-0.2, -0.15) is 0 Å². The van der Waals surface area contributed by atoms with Gasteiger partial charge in [0.2, 0.25) is 0 Å². The van der Waals surface area contributed by atoms with E-state index in [0.717, 1.165) is 12.2 Å². The van der Waals surface area contributed by atoms with Gasteiger partial charge in [-0.1, -0.05) is 6.92 Å². The van der Waals surface area contributed by atoms with Crippen LogP contribution in [0.4, 0.5) is 8.78 Å². The maximum atomic E-state index is 14.7. The molecule has 0 aromatic carbocycles. The summed E-state index contributed by atoms with van der Waals surface area (Å²) in [6, 6.07) is 1.54. The lowest BCUT2D eigenvalue weighted by molar-refractivity contribution is -0.142. The number of hydrogen-bond donors (Lipinski definition) is 1. The van der Waals surface area contributed by atoms with Gasteiger partial charge < -0.3 is 9.72 Å². The first kappa shape index (κ1) is 15.2. The molecule has 4 atom stereocenters. The van der Waals surface area contributed by atoms with Gasteiger partial charge in [-0.05, 0) is 37.2 Å². The zero-order valence-electron chi connectivity index (χ0n) is 13.9. The molecule has 0 amide bonds. The molecule has 7 heteroatoms. The van der Waals surface area contributed by atoms with Gasteiger partial charge >= 0.3 is 5.97 Å². The van der Waals surface area contributed by atoms with Crippen molar-refractivity contribution in [2.75, 3.05) is 6.61 Å². The second kappa shape index (κ2) is 4.77. The molecule has 1 N–H and O–H groups in total. The Balaban J connectivity index is 1.39. The summed E-state index contributed by atoms with van der Waals surface area (Å²) < 4.78 is 34.7. The molecule has 4 saturated carbocycles. The molecule has 4 fully saturated rings. The Morgan fingerprint density at radius 2 is 2.24 bits per heavy atom. The maximum absolute atomic E-state index is 14.7. The van der Waals surface area contributed by atoms with Gasteiger partial charge in [-0.15, -0.1) is 0 Å². The number of halogens is 2. The molecule has 0 spiro atoms. The zero-order valence-corrected chi connectivity index (χ0v) is 13.9. The lowest BCUT2D eigenvalue weighted by Gasteiger charge is -2.35. The number of pyridine rings is 1. The smallest absolute Gasteiger partial charge is 0.340 e. The predicted octanol–water partition coefficient (Wildman–Crippen LogP) is 3.36. The molecule has 4 unspecified atom stereocenters. The average Bonchev–Trinajstić information content (AvgIpc) is 2.99. The first-order valence-electron chi connectivity index (χ1n) is 8.87. The summed E-state index contributed by atoms with van der Waals surface area (Å²) in [6.07, 6.45) is 4.19. The standard InChI is InChI=1S/C18H19F2N3O2/c1-2-13-22-14-10(5-6-21-15(14)23-13)16(24)25-8-17-11-4-3-9(7-12(11)17)18(17,19)20/h5-6,9,11-12H,2-4,7-8H2,1H3,(H,21,22,23). The van der Waals surface area contributed by atoms with Crippen LogP contribution in [0.25, 0.3) is 11.2 Å². The van der Waals surface area contributed by atoms with Crippen LogP contribution in [0.3, 0.4) is 0 Å². The Bertz CT molecular complexity index is 874. The highest BCUT2D eigenvalue weighted by Crippen LogP contribution is 2.81. The summed E-state index contributed by atoms with van der Waals surface area (Å²) in [7, 11) is 0. The van der Waals surface area contributed by atoms with E-state index < -0.39 is 23.2 Å². The number of nitrogens with one attached hydrogen (secondary N) is 1. The molecule has 4 aliphatic carbocycles. The van der Waals surface area contributed by atoms with Crippen molar-refractivity contribution in [3.63, 3.8) is 0 Å². The molecule has 0 saturated heterocycles. The maximum Gasteiger partial charge on any atom is 0.340 e. The van der Waals surface area contributed by atoms with E-state index >= 15 is 0 Å². The number of imidazole rings is 1. The van der Waals surface area contributed by atoms with Gasteiger partial charge in [0, 0.05) is 18.5 Å². The Morgan fingerprint density at radius 1 is 1.40 bits per heavy atom. The topological polar surface area (TPSA) is 67.9 Å². The van der Waals surface area contributed by atoms with Crippen molar-refractivity contribution in [2.45, 2.75) is 38.5 Å².